The van der Waals surface area contributed by atoms with E-state index in [2.05, 4.69) is 6.58 Å². The molecule has 6 heteroatoms. The summed E-state index contributed by atoms with van der Waals surface area (Å²) in [4.78, 5) is 11.7. The van der Waals surface area contributed by atoms with Gasteiger partial charge < -0.3 is 14.2 Å². The molecule has 20 heavy (non-hydrogen) atoms. The minimum absolute atomic E-state index is 0.0207. The molecule has 5 nitrogen and oxygen atoms in total. The van der Waals surface area contributed by atoms with Crippen molar-refractivity contribution in [2.24, 2.45) is 0 Å². The van der Waals surface area contributed by atoms with Crippen LogP contribution in [0.15, 0.2) is 12.7 Å². The molecule has 0 aliphatic rings. The second-order valence-electron chi connectivity index (χ2n) is 4.33. The van der Waals surface area contributed by atoms with E-state index >= 15 is 0 Å². The molecule has 0 N–H and O–H groups in total. The van der Waals surface area contributed by atoms with Crippen molar-refractivity contribution in [1.29, 1.82) is 0 Å². The molecule has 2 atom stereocenters. The van der Waals surface area contributed by atoms with Crippen molar-refractivity contribution < 1.29 is 23.6 Å². The van der Waals surface area contributed by atoms with Crippen molar-refractivity contribution in [3.05, 3.63) is 12.7 Å². The number of carbonyl (C=O) groups excluding carboxylic acids is 1. The lowest BCUT2D eigenvalue weighted by atomic mass is 10.2. The molecule has 0 aromatic heterocycles. The van der Waals surface area contributed by atoms with Crippen LogP contribution in [0.2, 0.25) is 0 Å². The lowest BCUT2D eigenvalue weighted by Crippen LogP contribution is -2.41. The van der Waals surface area contributed by atoms with Crippen LogP contribution in [0.1, 0.15) is 40.0 Å². The number of carbonyl (C=O) groups is 1. The summed E-state index contributed by atoms with van der Waals surface area (Å²) in [5.41, 5.74) is -1.43. The number of ketones is 1. The van der Waals surface area contributed by atoms with Crippen molar-refractivity contribution in [3.8, 4) is 0 Å². The Bertz CT molecular complexity index is 308. The zero-order valence-electron chi connectivity index (χ0n) is 12.6. The van der Waals surface area contributed by atoms with Gasteiger partial charge in [-0.05, 0) is 25.3 Å². The average molecular weight is 304 g/mol. The predicted molar refractivity (Wildman–Crippen MR) is 78.1 cm³/mol. The second-order valence-corrected chi connectivity index (χ2v) is 5.19. The fourth-order valence-corrected chi connectivity index (χ4v) is 1.95. The zero-order chi connectivity index (χ0) is 15.4. The van der Waals surface area contributed by atoms with E-state index in [1.807, 2.05) is 20.8 Å². The van der Waals surface area contributed by atoms with Gasteiger partial charge in [0.05, 0.1) is 6.61 Å². The molecule has 116 valence electrons. The maximum absolute atomic E-state index is 11.7. The van der Waals surface area contributed by atoms with Crippen LogP contribution in [0.5, 0.6) is 0 Å². The van der Waals surface area contributed by atoms with Gasteiger partial charge in [0, 0.05) is 6.61 Å². The highest BCUT2D eigenvalue weighted by molar-refractivity contribution is 7.25. The number of ether oxygens (including phenoxy) is 3. The first-order valence-electron chi connectivity index (χ1n) is 6.99. The fraction of sp³-hybridized carbons (Fsp3) is 0.786. The van der Waals surface area contributed by atoms with Crippen LogP contribution in [0.3, 0.4) is 0 Å². The standard InChI is InChI=1S/C14H25O5P/c1-5-9-17-11-14(20-16,18-10-6-2)19-13(8-4)12(15)7-3/h7,13H,3,5-6,8-11H2,1-2,4H3. The molecule has 0 aliphatic carbocycles. The van der Waals surface area contributed by atoms with Gasteiger partial charge in [-0.15, -0.1) is 0 Å². The average Bonchev–Trinajstić information content (AvgIpc) is 2.49. The Kier molecular flexibility index (Phi) is 10.8. The fourth-order valence-electron chi connectivity index (χ4n) is 1.49. The third kappa shape index (κ3) is 6.71. The van der Waals surface area contributed by atoms with E-state index in [0.29, 0.717) is 19.6 Å². The summed E-state index contributed by atoms with van der Waals surface area (Å²) in [7, 11) is -0.351. The second kappa shape index (κ2) is 11.1. The molecule has 0 spiro atoms. The van der Waals surface area contributed by atoms with Crippen LogP contribution < -0.4 is 0 Å². The van der Waals surface area contributed by atoms with Gasteiger partial charge in [-0.25, -0.2) is 0 Å². The Hall–Kier alpha value is -0.610. The van der Waals surface area contributed by atoms with Crippen LogP contribution >= 0.6 is 8.46 Å². The SMILES string of the molecule is C=CC(=O)C(CC)OC(COCCC)(OCCC)P=O. The molecule has 2 unspecified atom stereocenters. The first-order valence-corrected chi connectivity index (χ1v) is 7.80. The van der Waals surface area contributed by atoms with E-state index in [1.54, 1.807) is 0 Å². The minimum atomic E-state index is -1.43. The zero-order valence-corrected chi connectivity index (χ0v) is 13.5. The molecule has 0 radical (unpaired) electrons. The molecular weight excluding hydrogens is 279 g/mol. The van der Waals surface area contributed by atoms with Crippen molar-refractivity contribution in [2.75, 3.05) is 19.8 Å². The third-order valence-electron chi connectivity index (χ3n) is 2.52. The molecule has 0 fully saturated rings. The van der Waals surface area contributed by atoms with Crippen LogP contribution in [0.25, 0.3) is 0 Å². The summed E-state index contributed by atoms with van der Waals surface area (Å²) in [6, 6.07) is 0. The van der Waals surface area contributed by atoms with Gasteiger partial charge in [-0.1, -0.05) is 27.4 Å². The molecular formula is C14H25O5P. The van der Waals surface area contributed by atoms with Crippen molar-refractivity contribution >= 4 is 14.2 Å². The van der Waals surface area contributed by atoms with Crippen LogP contribution in [-0.4, -0.2) is 37.2 Å². The summed E-state index contributed by atoms with van der Waals surface area (Å²) in [6.07, 6.45) is 2.51. The first-order chi connectivity index (χ1) is 9.59. The van der Waals surface area contributed by atoms with Crippen molar-refractivity contribution in [1.82, 2.24) is 0 Å². The highest BCUT2D eigenvalue weighted by Gasteiger charge is 2.38. The maximum atomic E-state index is 11.7. The molecule has 0 aromatic rings. The lowest BCUT2D eigenvalue weighted by molar-refractivity contribution is -0.223. The summed E-state index contributed by atoms with van der Waals surface area (Å²) in [5, 5.41) is 0. The van der Waals surface area contributed by atoms with E-state index < -0.39 is 11.6 Å². The van der Waals surface area contributed by atoms with E-state index in [1.165, 1.54) is 6.08 Å². The van der Waals surface area contributed by atoms with E-state index in [9.17, 15) is 9.36 Å². The predicted octanol–water partition coefficient (Wildman–Crippen LogP) is 3.34. The molecule has 0 saturated heterocycles. The number of hydrogen-bond acceptors (Lipinski definition) is 5. The van der Waals surface area contributed by atoms with Crippen molar-refractivity contribution in [2.45, 2.75) is 51.7 Å². The van der Waals surface area contributed by atoms with Crippen LogP contribution in [0, 0.1) is 0 Å². The summed E-state index contributed by atoms with van der Waals surface area (Å²) < 4.78 is 28.1. The first kappa shape index (κ1) is 19.4. The number of rotatable bonds is 13. The van der Waals surface area contributed by atoms with Gasteiger partial charge in [-0.3, -0.25) is 9.36 Å². The van der Waals surface area contributed by atoms with Gasteiger partial charge in [0.15, 0.2) is 5.78 Å². The summed E-state index contributed by atoms with van der Waals surface area (Å²) in [6.45, 7) is 10.1. The normalized spacial score (nSPS) is 15.8. The molecule has 0 aliphatic heterocycles. The molecule has 0 bridgehead atoms. The highest BCUT2D eigenvalue weighted by Crippen LogP contribution is 2.30. The Morgan fingerprint density at radius 1 is 1.30 bits per heavy atom. The quantitative estimate of drug-likeness (QED) is 0.226. The van der Waals surface area contributed by atoms with E-state index in [0.717, 1.165) is 12.8 Å². The van der Waals surface area contributed by atoms with Gasteiger partial charge >= 0.3 is 0 Å². The molecule has 0 amide bonds. The van der Waals surface area contributed by atoms with Gasteiger partial charge in [0.25, 0.3) is 5.53 Å². The van der Waals surface area contributed by atoms with Gasteiger partial charge in [0.2, 0.25) is 8.46 Å². The Labute approximate surface area is 122 Å². The van der Waals surface area contributed by atoms with E-state index in [4.69, 9.17) is 14.2 Å². The van der Waals surface area contributed by atoms with Crippen molar-refractivity contribution in [3.63, 3.8) is 0 Å². The number of hydrogen-bond donors (Lipinski definition) is 0. The summed E-state index contributed by atoms with van der Waals surface area (Å²) >= 11 is 0. The van der Waals surface area contributed by atoms with Gasteiger partial charge in [0.1, 0.15) is 12.7 Å². The Morgan fingerprint density at radius 3 is 2.40 bits per heavy atom. The molecule has 0 rings (SSSR count). The van der Waals surface area contributed by atoms with E-state index in [-0.39, 0.29) is 20.9 Å². The Balaban J connectivity index is 4.89. The van der Waals surface area contributed by atoms with Crippen LogP contribution in [-0.2, 0) is 23.6 Å². The Morgan fingerprint density at radius 2 is 1.95 bits per heavy atom. The summed E-state index contributed by atoms with van der Waals surface area (Å²) in [5.74, 6) is -0.254. The van der Waals surface area contributed by atoms with Crippen LogP contribution in [0.4, 0.5) is 0 Å². The van der Waals surface area contributed by atoms with Gasteiger partial charge in [-0.2, -0.15) is 0 Å². The third-order valence-corrected chi connectivity index (χ3v) is 3.16. The largest absolute Gasteiger partial charge is 0.375 e. The molecule has 0 heterocycles. The lowest BCUT2D eigenvalue weighted by Gasteiger charge is -2.30. The molecule has 0 aromatic carbocycles. The maximum Gasteiger partial charge on any atom is 0.276 e. The smallest absolute Gasteiger partial charge is 0.276 e. The highest BCUT2D eigenvalue weighted by atomic mass is 31.1. The monoisotopic (exact) mass is 304 g/mol. The molecule has 0 saturated carbocycles. The minimum Gasteiger partial charge on any atom is -0.375 e. The topological polar surface area (TPSA) is 61.8 Å².